The minimum absolute atomic E-state index is 0.233. The molecule has 0 aliphatic carbocycles. The predicted octanol–water partition coefficient (Wildman–Crippen LogP) is 7.14. The molecule has 3 N–H and O–H groups in total. The maximum atomic E-state index is 14.5. The van der Waals surface area contributed by atoms with Crippen LogP contribution in [0, 0.1) is 17.5 Å². The zero-order chi connectivity index (χ0) is 40.3. The van der Waals surface area contributed by atoms with E-state index in [4.69, 9.17) is 9.72 Å². The van der Waals surface area contributed by atoms with E-state index < -0.39 is 34.8 Å². The van der Waals surface area contributed by atoms with E-state index >= 15 is 0 Å². The molecular weight excluding hydrogens is 755 g/mol. The number of halogens is 4. The van der Waals surface area contributed by atoms with Crippen LogP contribution in [0.5, 0.6) is 11.5 Å². The van der Waals surface area contributed by atoms with E-state index in [0.29, 0.717) is 41.0 Å². The number of piperazine rings is 1. The normalized spacial score (nSPS) is 15.5. The fraction of sp³-hybridized carbons (Fsp3) is 0.286. The number of anilines is 4. The third-order valence-corrected chi connectivity index (χ3v) is 10.8. The number of imidazole rings is 1. The molecule has 3 aromatic carbocycles. The number of aromatic hydroxyl groups is 1. The number of ether oxygens (including phenoxy) is 1. The van der Waals surface area contributed by atoms with E-state index in [-0.39, 0.29) is 29.5 Å². The molecule has 0 radical (unpaired) electrons. The lowest BCUT2D eigenvalue weighted by Gasteiger charge is -2.43. The van der Waals surface area contributed by atoms with Gasteiger partial charge in [-0.25, -0.2) is 32.5 Å². The number of fused-ring (bicyclic) bond motifs is 1. The highest BCUT2D eigenvalue weighted by molar-refractivity contribution is 6.07. The Kier molecular flexibility index (Phi) is 11.1. The first-order valence-corrected chi connectivity index (χ1v) is 19.0. The fourth-order valence-electron chi connectivity index (χ4n) is 7.74. The second kappa shape index (κ2) is 16.7. The molecule has 3 aromatic heterocycles. The predicted molar refractivity (Wildman–Crippen MR) is 213 cm³/mol. The first-order chi connectivity index (χ1) is 28.2. The van der Waals surface area contributed by atoms with Crippen molar-refractivity contribution in [2.75, 3.05) is 75.1 Å². The maximum Gasteiger partial charge on any atom is 0.259 e. The Labute approximate surface area is 331 Å². The molecule has 5 heterocycles. The van der Waals surface area contributed by atoms with Gasteiger partial charge in [0.2, 0.25) is 5.95 Å². The number of alkyl halides is 1. The van der Waals surface area contributed by atoms with Gasteiger partial charge in [0.1, 0.15) is 47.0 Å². The summed E-state index contributed by atoms with van der Waals surface area (Å²) in [5.74, 6) is -3.06. The molecule has 12 nitrogen and oxygen atoms in total. The van der Waals surface area contributed by atoms with E-state index in [1.807, 2.05) is 18.2 Å². The van der Waals surface area contributed by atoms with Gasteiger partial charge in [-0.05, 0) is 67.4 Å². The van der Waals surface area contributed by atoms with Crippen LogP contribution in [0.3, 0.4) is 0 Å². The molecule has 0 unspecified atom stereocenters. The number of piperidine rings is 1. The molecule has 6 aromatic rings. The summed E-state index contributed by atoms with van der Waals surface area (Å²) in [7, 11) is 1.60. The number of hydrogen-bond acceptors (Lipinski definition) is 10. The van der Waals surface area contributed by atoms with Gasteiger partial charge in [-0.15, -0.1) is 0 Å². The third kappa shape index (κ3) is 7.97. The van der Waals surface area contributed by atoms with Gasteiger partial charge in [-0.3, -0.25) is 19.0 Å². The van der Waals surface area contributed by atoms with Crippen LogP contribution in [0.15, 0.2) is 85.2 Å². The number of benzene rings is 3. The number of carbonyl (C=O) groups excluding carboxylic acids is 1. The van der Waals surface area contributed by atoms with Crippen LogP contribution >= 0.6 is 0 Å². The number of phenols is 1. The average Bonchev–Trinajstić information content (AvgIpc) is 3.61. The van der Waals surface area contributed by atoms with Crippen molar-refractivity contribution in [1.29, 1.82) is 0 Å². The van der Waals surface area contributed by atoms with Crippen molar-refractivity contribution in [3.05, 3.63) is 108 Å². The minimum Gasteiger partial charge on any atom is -0.507 e. The quantitative estimate of drug-likeness (QED) is 0.117. The Bertz CT molecular complexity index is 2430. The first-order valence-electron chi connectivity index (χ1n) is 19.0. The van der Waals surface area contributed by atoms with Crippen LogP contribution in [0.4, 0.5) is 40.6 Å². The molecule has 8 rings (SSSR count). The van der Waals surface area contributed by atoms with Crippen molar-refractivity contribution in [2.45, 2.75) is 18.9 Å². The molecule has 2 aliphatic heterocycles. The molecule has 58 heavy (non-hydrogen) atoms. The summed E-state index contributed by atoms with van der Waals surface area (Å²) in [5.41, 5.74) is 2.40. The van der Waals surface area contributed by atoms with Crippen molar-refractivity contribution < 1.29 is 32.2 Å². The van der Waals surface area contributed by atoms with Gasteiger partial charge in [0.15, 0.2) is 0 Å². The van der Waals surface area contributed by atoms with Crippen molar-refractivity contribution in [3.63, 3.8) is 0 Å². The summed E-state index contributed by atoms with van der Waals surface area (Å²) >= 11 is 0. The Hall–Kier alpha value is -6.26. The number of pyridine rings is 1. The van der Waals surface area contributed by atoms with Crippen LogP contribution in [-0.4, -0.2) is 106 Å². The van der Waals surface area contributed by atoms with Crippen LogP contribution in [0.2, 0.25) is 0 Å². The Balaban J connectivity index is 1.03. The largest absolute Gasteiger partial charge is 0.507 e. The van der Waals surface area contributed by atoms with Crippen LogP contribution in [0.1, 0.15) is 23.2 Å². The Morgan fingerprint density at radius 2 is 1.69 bits per heavy atom. The van der Waals surface area contributed by atoms with Crippen LogP contribution in [-0.2, 0) is 0 Å². The lowest BCUT2D eigenvalue weighted by atomic mass is 10.0. The number of carbonyl (C=O) groups is 1. The summed E-state index contributed by atoms with van der Waals surface area (Å²) in [6.07, 6.45) is 5.13. The molecule has 2 fully saturated rings. The molecule has 0 atom stereocenters. The highest BCUT2D eigenvalue weighted by Gasteiger charge is 2.28. The third-order valence-electron chi connectivity index (χ3n) is 10.8. The standard InChI is InChI=1S/C42H41F4N9O3/c1-58-36-25-29(53-15-11-28(12-16-53)54-21-19-52(18-13-43)20-22-54)6-7-33(36)48-42-47-14-9-34(49-42)40-38(50-37-24-27(44)10-17-55(37)40)26-5-8-35(56)30(23-26)41(57)51-39-31(45)3-2-4-32(39)46/h2-10,14,17,23-25,28,56H,11-13,15-16,18-22H2,1H3,(H,51,57)(H,47,48,49). The van der Waals surface area contributed by atoms with Crippen LogP contribution in [0.25, 0.3) is 28.3 Å². The smallest absolute Gasteiger partial charge is 0.259 e. The average molecular weight is 796 g/mol. The molecule has 0 spiro atoms. The molecular formula is C42H41F4N9O3. The molecule has 0 saturated carbocycles. The molecule has 16 heteroatoms. The first kappa shape index (κ1) is 38.6. The van der Waals surface area contributed by atoms with E-state index in [9.17, 15) is 27.5 Å². The number of amides is 1. The Morgan fingerprint density at radius 3 is 2.43 bits per heavy atom. The zero-order valence-corrected chi connectivity index (χ0v) is 31.6. The lowest BCUT2D eigenvalue weighted by Crippen LogP contribution is -2.53. The van der Waals surface area contributed by atoms with Crippen molar-refractivity contribution in [1.82, 2.24) is 29.2 Å². The van der Waals surface area contributed by atoms with Crippen LogP contribution < -0.4 is 20.3 Å². The van der Waals surface area contributed by atoms with E-state index in [1.54, 1.807) is 23.8 Å². The fourth-order valence-corrected chi connectivity index (χ4v) is 7.74. The van der Waals surface area contributed by atoms with Gasteiger partial charge in [-0.2, -0.15) is 0 Å². The van der Waals surface area contributed by atoms with E-state index in [0.717, 1.165) is 69.9 Å². The van der Waals surface area contributed by atoms with Crippen molar-refractivity contribution in [2.24, 2.45) is 0 Å². The van der Waals surface area contributed by atoms with Crippen molar-refractivity contribution in [3.8, 4) is 34.1 Å². The molecule has 2 aliphatic rings. The summed E-state index contributed by atoms with van der Waals surface area (Å²) < 4.78 is 63.4. The summed E-state index contributed by atoms with van der Waals surface area (Å²) in [5, 5.41) is 16.1. The van der Waals surface area contributed by atoms with Gasteiger partial charge < -0.3 is 25.4 Å². The number of nitrogens with one attached hydrogen (secondary N) is 2. The number of aromatic nitrogens is 4. The van der Waals surface area contributed by atoms with Gasteiger partial charge in [-0.1, -0.05) is 6.07 Å². The van der Waals surface area contributed by atoms with Gasteiger partial charge in [0, 0.05) is 87.6 Å². The maximum absolute atomic E-state index is 14.5. The topological polar surface area (TPSA) is 123 Å². The monoisotopic (exact) mass is 795 g/mol. The summed E-state index contributed by atoms with van der Waals surface area (Å²) in [6, 6.07) is 17.9. The number of rotatable bonds is 11. The number of methoxy groups -OCH3 is 1. The highest BCUT2D eigenvalue weighted by atomic mass is 19.1. The van der Waals surface area contributed by atoms with E-state index in [2.05, 4.69) is 35.3 Å². The zero-order valence-electron chi connectivity index (χ0n) is 31.6. The molecule has 300 valence electrons. The molecule has 2 saturated heterocycles. The second-order valence-corrected chi connectivity index (χ2v) is 14.2. The summed E-state index contributed by atoms with van der Waals surface area (Å²) in [6.45, 7) is 5.77. The molecule has 0 bridgehead atoms. The number of hydrogen-bond donors (Lipinski definition) is 3. The van der Waals surface area contributed by atoms with Crippen molar-refractivity contribution >= 4 is 34.6 Å². The number of nitrogens with zero attached hydrogens (tertiary/aromatic N) is 7. The summed E-state index contributed by atoms with van der Waals surface area (Å²) in [4.78, 5) is 34.2. The lowest BCUT2D eigenvalue weighted by molar-refractivity contribution is 0.0816. The molecule has 1 amide bonds. The van der Waals surface area contributed by atoms with Gasteiger partial charge in [0.25, 0.3) is 5.91 Å². The van der Waals surface area contributed by atoms with E-state index in [1.165, 1.54) is 42.6 Å². The second-order valence-electron chi connectivity index (χ2n) is 14.2. The van der Waals surface area contributed by atoms with Gasteiger partial charge >= 0.3 is 0 Å². The van der Waals surface area contributed by atoms with Gasteiger partial charge in [0.05, 0.1) is 35.4 Å². The minimum atomic E-state index is -0.982. The highest BCUT2D eigenvalue weighted by Crippen LogP contribution is 2.37. The Morgan fingerprint density at radius 1 is 0.914 bits per heavy atom. The number of phenolic OH excluding ortho intramolecular Hbond substituents is 1. The SMILES string of the molecule is COc1cc(N2CCC(N3CCN(CCF)CC3)CC2)ccc1Nc1nccc(-c2c(-c3ccc(O)c(C(=O)Nc4c(F)cccc4F)c3)nc3cc(F)ccn23)n1. The number of para-hydroxylation sites is 1.